The van der Waals surface area contributed by atoms with Gasteiger partial charge in [0.15, 0.2) is 5.82 Å². The minimum absolute atomic E-state index is 0.0661. The number of rotatable bonds is 5. The van der Waals surface area contributed by atoms with Crippen LogP contribution in [0.25, 0.3) is 32.9 Å². The van der Waals surface area contributed by atoms with Crippen molar-refractivity contribution in [3.05, 3.63) is 47.7 Å². The second-order valence-electron chi connectivity index (χ2n) is 14.4. The van der Waals surface area contributed by atoms with Gasteiger partial charge < -0.3 is 19.5 Å². The summed E-state index contributed by atoms with van der Waals surface area (Å²) in [7, 11) is 0. The quantitative estimate of drug-likeness (QED) is 0.200. The van der Waals surface area contributed by atoms with Crippen molar-refractivity contribution in [2.45, 2.75) is 62.0 Å². The highest BCUT2D eigenvalue weighted by Crippen LogP contribution is 2.69. The number of piperidine rings is 1. The largest absolute Gasteiger partial charge is 0.508 e. The Morgan fingerprint density at radius 1 is 1.04 bits per heavy atom. The molecule has 3 atom stereocenters. The van der Waals surface area contributed by atoms with Crippen molar-refractivity contribution in [1.82, 2.24) is 19.9 Å². The third kappa shape index (κ3) is 4.33. The molecule has 2 aromatic heterocycles. The van der Waals surface area contributed by atoms with E-state index >= 15 is 4.39 Å². The summed E-state index contributed by atoms with van der Waals surface area (Å²) in [5.74, 6) is -1.52. The van der Waals surface area contributed by atoms with Crippen LogP contribution in [0.2, 0.25) is 0 Å². The summed E-state index contributed by atoms with van der Waals surface area (Å²) < 4.78 is 73.0. The highest BCUT2D eigenvalue weighted by Gasteiger charge is 2.77. The minimum atomic E-state index is -2.67. The summed E-state index contributed by atoms with van der Waals surface area (Å²) in [6.45, 7) is 3.05. The smallest absolute Gasteiger partial charge is 0.319 e. The van der Waals surface area contributed by atoms with Gasteiger partial charge in [0.05, 0.1) is 34.1 Å². The first-order valence-corrected chi connectivity index (χ1v) is 16.5. The zero-order valence-electron chi connectivity index (χ0n) is 26.2. The third-order valence-corrected chi connectivity index (χ3v) is 11.5. The van der Waals surface area contributed by atoms with Crippen molar-refractivity contribution in [3.63, 3.8) is 0 Å². The van der Waals surface area contributed by atoms with Crippen LogP contribution in [0.1, 0.15) is 50.5 Å². The van der Waals surface area contributed by atoms with Crippen LogP contribution in [0, 0.1) is 29.4 Å². The fourth-order valence-corrected chi connectivity index (χ4v) is 8.91. The molecule has 0 amide bonds. The summed E-state index contributed by atoms with van der Waals surface area (Å²) in [4.78, 5) is 18.0. The molecule has 0 radical (unpaired) electrons. The molecule has 4 aromatic rings. The summed E-state index contributed by atoms with van der Waals surface area (Å²) in [5, 5.41) is 11.6. The number of fused-ring (bicyclic) bond motifs is 3. The fourth-order valence-electron chi connectivity index (χ4n) is 8.91. The maximum absolute atomic E-state index is 16.9. The zero-order chi connectivity index (χ0) is 33.1. The molecule has 2 aromatic carbocycles. The van der Waals surface area contributed by atoms with Gasteiger partial charge in [0.25, 0.3) is 5.92 Å². The molecule has 4 saturated heterocycles. The van der Waals surface area contributed by atoms with E-state index in [1.807, 2.05) is 4.90 Å². The number of phenolic OH excluding ortho intramolecular Hbond substituents is 1. The van der Waals surface area contributed by atoms with Gasteiger partial charge in [-0.2, -0.15) is 9.97 Å². The lowest BCUT2D eigenvalue weighted by Crippen LogP contribution is -2.56. The van der Waals surface area contributed by atoms with Crippen molar-refractivity contribution in [3.8, 4) is 35.4 Å². The lowest BCUT2D eigenvalue weighted by atomic mass is 9.86. The Bertz CT molecular complexity index is 2070. The van der Waals surface area contributed by atoms with Gasteiger partial charge in [-0.15, -0.1) is 6.42 Å². The van der Waals surface area contributed by atoms with Crippen LogP contribution >= 0.6 is 0 Å². The van der Waals surface area contributed by atoms with Gasteiger partial charge in [-0.3, -0.25) is 9.88 Å². The first kappa shape index (κ1) is 29.9. The highest BCUT2D eigenvalue weighted by atomic mass is 19.3. The molecule has 8 nitrogen and oxygen atoms in total. The van der Waals surface area contributed by atoms with E-state index in [9.17, 15) is 18.3 Å². The summed E-state index contributed by atoms with van der Waals surface area (Å²) in [6, 6.07) is 5.33. The number of aromatic hydroxyl groups is 1. The molecule has 6 heterocycles. The number of alkyl halides is 2. The Morgan fingerprint density at radius 3 is 2.60 bits per heavy atom. The van der Waals surface area contributed by atoms with Crippen LogP contribution in [0.4, 0.5) is 23.4 Å². The SMILES string of the molecule is C#Cc1c(F)ccc2cc(O)cc(-c3ncc4c(N5CCC[C@@]6(CCO6)C5)nc(OC[C@@]56CCCN5C[C@@]5(CC5(F)F)C6)nc4c3F)c12. The molecule has 1 aliphatic carbocycles. The number of hydrogen-bond donors (Lipinski definition) is 1. The number of anilines is 1. The summed E-state index contributed by atoms with van der Waals surface area (Å²) in [6.07, 6.45) is 11.7. The maximum atomic E-state index is 16.9. The number of hydrogen-bond acceptors (Lipinski definition) is 8. The number of nitrogens with zero attached hydrogens (tertiary/aromatic N) is 5. The Morgan fingerprint density at radius 2 is 1.85 bits per heavy atom. The Hall–Kier alpha value is -4.21. The fraction of sp³-hybridized carbons (Fsp3) is 0.472. The lowest BCUT2D eigenvalue weighted by molar-refractivity contribution is -0.151. The maximum Gasteiger partial charge on any atom is 0.319 e. The Labute approximate surface area is 274 Å². The molecule has 9 rings (SSSR count). The Balaban J connectivity index is 1.16. The molecule has 0 unspecified atom stereocenters. The molecule has 4 aliphatic heterocycles. The van der Waals surface area contributed by atoms with Gasteiger partial charge in [-0.05, 0) is 62.2 Å². The number of aromatic nitrogens is 3. The molecule has 2 spiro atoms. The second kappa shape index (κ2) is 10.2. The van der Waals surface area contributed by atoms with Crippen LogP contribution in [0.5, 0.6) is 11.8 Å². The van der Waals surface area contributed by atoms with Gasteiger partial charge >= 0.3 is 6.01 Å². The molecule has 248 valence electrons. The first-order chi connectivity index (χ1) is 23.0. The van der Waals surface area contributed by atoms with Gasteiger partial charge in [-0.1, -0.05) is 12.0 Å². The number of halogens is 4. The highest BCUT2D eigenvalue weighted by molar-refractivity contribution is 6.03. The normalized spacial score (nSPS) is 29.0. The molecule has 1 saturated carbocycles. The molecule has 5 fully saturated rings. The second-order valence-corrected chi connectivity index (χ2v) is 14.4. The van der Waals surface area contributed by atoms with E-state index < -0.39 is 28.5 Å². The predicted molar refractivity (Wildman–Crippen MR) is 170 cm³/mol. The van der Waals surface area contributed by atoms with Crippen LogP contribution in [-0.4, -0.2) is 81.4 Å². The van der Waals surface area contributed by atoms with E-state index in [-0.39, 0.29) is 58.1 Å². The molecule has 48 heavy (non-hydrogen) atoms. The first-order valence-electron chi connectivity index (χ1n) is 16.5. The topological polar surface area (TPSA) is 83.8 Å². The van der Waals surface area contributed by atoms with Crippen LogP contribution in [0.3, 0.4) is 0 Å². The van der Waals surface area contributed by atoms with Crippen LogP contribution in [-0.2, 0) is 4.74 Å². The number of ether oxygens (including phenoxy) is 2. The van der Waals surface area contributed by atoms with E-state index in [4.69, 9.17) is 20.9 Å². The molecular weight excluding hydrogens is 626 g/mol. The number of phenols is 1. The van der Waals surface area contributed by atoms with Crippen LogP contribution in [0.15, 0.2) is 30.5 Å². The van der Waals surface area contributed by atoms with E-state index in [0.29, 0.717) is 49.3 Å². The molecule has 0 bridgehead atoms. The van der Waals surface area contributed by atoms with E-state index in [2.05, 4.69) is 20.8 Å². The van der Waals surface area contributed by atoms with Crippen molar-refractivity contribution in [2.24, 2.45) is 5.41 Å². The van der Waals surface area contributed by atoms with Crippen molar-refractivity contribution in [1.29, 1.82) is 0 Å². The van der Waals surface area contributed by atoms with E-state index in [1.165, 1.54) is 30.5 Å². The lowest BCUT2D eigenvalue weighted by Gasteiger charge is -2.48. The Kier molecular flexibility index (Phi) is 6.32. The standard InChI is InChI=1S/C36H33F4N5O3/c1-2-23-26(37)6-5-21-13-22(46)14-24(27(21)23)29-28(38)30-25(15-41-29)31(44-10-4-8-35(19-44)9-12-48-35)43-32(42-30)47-20-34-7-3-11-45(34)18-33(16-34)17-36(33,39)40/h1,5-6,13-15,46H,3-4,7-12,16-20H2/t33-,34-,35+/m0/s1. The van der Waals surface area contributed by atoms with E-state index in [0.717, 1.165) is 38.6 Å². The minimum Gasteiger partial charge on any atom is -0.508 e. The zero-order valence-corrected chi connectivity index (χ0v) is 26.2. The van der Waals surface area contributed by atoms with Crippen molar-refractivity contribution in [2.75, 3.05) is 44.3 Å². The molecule has 5 aliphatic rings. The third-order valence-electron chi connectivity index (χ3n) is 11.5. The van der Waals surface area contributed by atoms with E-state index in [1.54, 1.807) is 0 Å². The number of benzene rings is 2. The predicted octanol–water partition coefficient (Wildman–Crippen LogP) is 6.21. The van der Waals surface area contributed by atoms with Crippen molar-refractivity contribution >= 4 is 27.5 Å². The average molecular weight is 660 g/mol. The summed E-state index contributed by atoms with van der Waals surface area (Å²) in [5.41, 5.74) is -2.08. The average Bonchev–Trinajstić information content (AvgIpc) is 3.27. The van der Waals surface area contributed by atoms with Crippen LogP contribution < -0.4 is 9.64 Å². The van der Waals surface area contributed by atoms with Crippen molar-refractivity contribution < 1.29 is 32.1 Å². The number of pyridine rings is 1. The van der Waals surface area contributed by atoms with Gasteiger partial charge in [0.1, 0.15) is 35.2 Å². The number of terminal acetylenes is 1. The molecule has 12 heteroatoms. The molecule has 1 N–H and O–H groups in total. The monoisotopic (exact) mass is 659 g/mol. The van der Waals surface area contributed by atoms with Gasteiger partial charge in [0.2, 0.25) is 0 Å². The van der Waals surface area contributed by atoms with Gasteiger partial charge in [0, 0.05) is 49.6 Å². The molecular formula is C36H33F4N5O3. The van der Waals surface area contributed by atoms with Gasteiger partial charge in [-0.25, -0.2) is 17.6 Å². The summed E-state index contributed by atoms with van der Waals surface area (Å²) >= 11 is 0.